The van der Waals surface area contributed by atoms with Crippen molar-refractivity contribution in [2.45, 2.75) is 64.0 Å². The number of aliphatic hydroxyl groups excluding tert-OH is 1. The molecular formula is C13H25NO. The molecule has 0 aliphatic heterocycles. The van der Waals surface area contributed by atoms with Gasteiger partial charge < -0.3 is 10.4 Å². The van der Waals surface area contributed by atoms with Crippen LogP contribution in [0.3, 0.4) is 0 Å². The van der Waals surface area contributed by atoms with Crippen molar-refractivity contribution >= 4 is 0 Å². The lowest BCUT2D eigenvalue weighted by Gasteiger charge is -2.30. The maximum Gasteiger partial charge on any atom is 0.0524 e. The lowest BCUT2D eigenvalue weighted by atomic mass is 9.82. The summed E-state index contributed by atoms with van der Waals surface area (Å²) >= 11 is 0. The highest BCUT2D eigenvalue weighted by Gasteiger charge is 2.34. The van der Waals surface area contributed by atoms with E-state index in [4.69, 9.17) is 0 Å². The molecule has 2 heteroatoms. The summed E-state index contributed by atoms with van der Waals surface area (Å²) in [5.74, 6) is 2.09. The summed E-state index contributed by atoms with van der Waals surface area (Å²) in [6.07, 6.45) is 9.35. The van der Waals surface area contributed by atoms with Gasteiger partial charge in [0, 0.05) is 6.04 Å². The third kappa shape index (κ3) is 3.76. The third-order valence-corrected chi connectivity index (χ3v) is 4.00. The summed E-state index contributed by atoms with van der Waals surface area (Å²) in [5.41, 5.74) is 0. The van der Waals surface area contributed by atoms with Crippen LogP contribution in [-0.4, -0.2) is 23.8 Å². The quantitative estimate of drug-likeness (QED) is 0.731. The fourth-order valence-corrected chi connectivity index (χ4v) is 2.91. The minimum atomic E-state index is -0.152. The van der Waals surface area contributed by atoms with E-state index in [2.05, 4.69) is 5.32 Å². The van der Waals surface area contributed by atoms with Crippen molar-refractivity contribution < 1.29 is 5.11 Å². The first-order valence-corrected chi connectivity index (χ1v) is 6.67. The first kappa shape index (κ1) is 11.4. The van der Waals surface area contributed by atoms with Crippen LogP contribution in [0.4, 0.5) is 0 Å². The normalized spacial score (nSPS) is 34.0. The largest absolute Gasteiger partial charge is 0.393 e. The summed E-state index contributed by atoms with van der Waals surface area (Å²) in [6.45, 7) is 2.86. The molecule has 15 heavy (non-hydrogen) atoms. The van der Waals surface area contributed by atoms with E-state index in [1.807, 2.05) is 6.92 Å². The fourth-order valence-electron chi connectivity index (χ4n) is 2.91. The van der Waals surface area contributed by atoms with Crippen molar-refractivity contribution in [3.05, 3.63) is 0 Å². The SMILES string of the molecule is CC(O)CCNC1CCCC(C2CC2)C1. The van der Waals surface area contributed by atoms with Gasteiger partial charge in [-0.1, -0.05) is 12.8 Å². The van der Waals surface area contributed by atoms with Crippen LogP contribution in [0.2, 0.25) is 0 Å². The Morgan fingerprint density at radius 2 is 2.00 bits per heavy atom. The molecule has 2 aliphatic carbocycles. The highest BCUT2D eigenvalue weighted by molar-refractivity contribution is 4.87. The van der Waals surface area contributed by atoms with E-state index in [0.29, 0.717) is 0 Å². The maximum atomic E-state index is 9.19. The molecule has 0 heterocycles. The van der Waals surface area contributed by atoms with Gasteiger partial charge in [-0.25, -0.2) is 0 Å². The Morgan fingerprint density at radius 3 is 2.67 bits per heavy atom. The Kier molecular flexibility index (Phi) is 4.04. The van der Waals surface area contributed by atoms with Gasteiger partial charge in [0.25, 0.3) is 0 Å². The van der Waals surface area contributed by atoms with Crippen molar-refractivity contribution in [1.29, 1.82) is 0 Å². The van der Waals surface area contributed by atoms with Gasteiger partial charge in [0.1, 0.15) is 0 Å². The van der Waals surface area contributed by atoms with E-state index in [0.717, 1.165) is 30.8 Å². The molecule has 0 bridgehead atoms. The second-order valence-corrected chi connectivity index (χ2v) is 5.55. The molecule has 3 unspecified atom stereocenters. The minimum absolute atomic E-state index is 0.152. The van der Waals surface area contributed by atoms with Crippen LogP contribution in [0.1, 0.15) is 51.9 Å². The van der Waals surface area contributed by atoms with Gasteiger partial charge in [-0.3, -0.25) is 0 Å². The van der Waals surface area contributed by atoms with Crippen LogP contribution in [-0.2, 0) is 0 Å². The van der Waals surface area contributed by atoms with Crippen LogP contribution in [0.15, 0.2) is 0 Å². The average molecular weight is 211 g/mol. The lowest BCUT2D eigenvalue weighted by molar-refractivity contribution is 0.177. The molecular weight excluding hydrogens is 186 g/mol. The van der Waals surface area contributed by atoms with Crippen molar-refractivity contribution in [3.63, 3.8) is 0 Å². The molecule has 3 atom stereocenters. The lowest BCUT2D eigenvalue weighted by Crippen LogP contribution is -2.36. The van der Waals surface area contributed by atoms with E-state index in [-0.39, 0.29) is 6.10 Å². The Labute approximate surface area is 93.5 Å². The average Bonchev–Trinajstić information content (AvgIpc) is 3.01. The van der Waals surface area contributed by atoms with E-state index < -0.39 is 0 Å². The van der Waals surface area contributed by atoms with Crippen molar-refractivity contribution in [3.8, 4) is 0 Å². The molecule has 0 saturated heterocycles. The zero-order valence-electron chi connectivity index (χ0n) is 9.91. The van der Waals surface area contributed by atoms with Gasteiger partial charge in [0.15, 0.2) is 0 Å². The zero-order chi connectivity index (χ0) is 10.7. The Morgan fingerprint density at radius 1 is 1.20 bits per heavy atom. The molecule has 2 aliphatic rings. The monoisotopic (exact) mass is 211 g/mol. The Balaban J connectivity index is 1.63. The van der Waals surface area contributed by atoms with Crippen molar-refractivity contribution in [2.75, 3.05) is 6.54 Å². The molecule has 2 fully saturated rings. The van der Waals surface area contributed by atoms with Gasteiger partial charge >= 0.3 is 0 Å². The first-order chi connectivity index (χ1) is 7.25. The van der Waals surface area contributed by atoms with E-state index in [1.54, 1.807) is 0 Å². The van der Waals surface area contributed by atoms with Gasteiger partial charge in [0.2, 0.25) is 0 Å². The third-order valence-electron chi connectivity index (χ3n) is 4.00. The number of aliphatic hydroxyl groups is 1. The molecule has 0 amide bonds. The van der Waals surface area contributed by atoms with Crippen molar-refractivity contribution in [1.82, 2.24) is 5.32 Å². The number of hydrogen-bond acceptors (Lipinski definition) is 2. The first-order valence-electron chi connectivity index (χ1n) is 6.67. The summed E-state index contributed by atoms with van der Waals surface area (Å²) < 4.78 is 0. The molecule has 0 aromatic rings. The van der Waals surface area contributed by atoms with Crippen LogP contribution in [0.25, 0.3) is 0 Å². The fraction of sp³-hybridized carbons (Fsp3) is 1.00. The van der Waals surface area contributed by atoms with E-state index in [9.17, 15) is 5.11 Å². The Hall–Kier alpha value is -0.0800. The summed E-state index contributed by atoms with van der Waals surface area (Å²) in [5, 5.41) is 12.8. The topological polar surface area (TPSA) is 32.3 Å². The molecule has 2 rings (SSSR count). The Bertz CT molecular complexity index is 189. The number of hydrogen-bond donors (Lipinski definition) is 2. The molecule has 88 valence electrons. The number of nitrogens with one attached hydrogen (secondary N) is 1. The summed E-state index contributed by atoms with van der Waals surface area (Å²) in [6, 6.07) is 0.739. The van der Waals surface area contributed by atoms with Crippen LogP contribution in [0, 0.1) is 11.8 Å². The van der Waals surface area contributed by atoms with Gasteiger partial charge in [-0.15, -0.1) is 0 Å². The van der Waals surface area contributed by atoms with Gasteiger partial charge in [-0.2, -0.15) is 0 Å². The molecule has 2 saturated carbocycles. The van der Waals surface area contributed by atoms with Crippen LogP contribution in [0.5, 0.6) is 0 Å². The molecule has 2 N–H and O–H groups in total. The van der Waals surface area contributed by atoms with Crippen LogP contribution < -0.4 is 5.32 Å². The smallest absolute Gasteiger partial charge is 0.0524 e. The highest BCUT2D eigenvalue weighted by Crippen LogP contribution is 2.43. The maximum absolute atomic E-state index is 9.19. The summed E-state index contributed by atoms with van der Waals surface area (Å²) in [7, 11) is 0. The minimum Gasteiger partial charge on any atom is -0.393 e. The van der Waals surface area contributed by atoms with Crippen molar-refractivity contribution in [2.24, 2.45) is 11.8 Å². The van der Waals surface area contributed by atoms with Gasteiger partial charge in [-0.05, 0) is 57.4 Å². The van der Waals surface area contributed by atoms with E-state index >= 15 is 0 Å². The predicted octanol–water partition coefficient (Wildman–Crippen LogP) is 2.32. The second-order valence-electron chi connectivity index (χ2n) is 5.55. The molecule has 0 aromatic heterocycles. The zero-order valence-corrected chi connectivity index (χ0v) is 9.91. The molecule has 0 spiro atoms. The highest BCUT2D eigenvalue weighted by atomic mass is 16.3. The number of rotatable bonds is 5. The summed E-state index contributed by atoms with van der Waals surface area (Å²) in [4.78, 5) is 0. The van der Waals surface area contributed by atoms with E-state index in [1.165, 1.54) is 38.5 Å². The van der Waals surface area contributed by atoms with Crippen LogP contribution >= 0.6 is 0 Å². The standard InChI is InChI=1S/C13H25NO/c1-10(15)7-8-14-13-4-2-3-12(9-13)11-5-6-11/h10-15H,2-9H2,1H3. The predicted molar refractivity (Wildman–Crippen MR) is 62.8 cm³/mol. The second kappa shape index (κ2) is 5.31. The molecule has 2 nitrogen and oxygen atoms in total. The molecule has 0 aromatic carbocycles. The van der Waals surface area contributed by atoms with Gasteiger partial charge in [0.05, 0.1) is 6.10 Å². The molecule has 0 radical (unpaired) electrons.